The fraction of sp³-hybridized carbons (Fsp3) is 0.333. The summed E-state index contributed by atoms with van der Waals surface area (Å²) in [4.78, 5) is 11.8. The van der Waals surface area contributed by atoms with Gasteiger partial charge < -0.3 is 15.4 Å². The van der Waals surface area contributed by atoms with Gasteiger partial charge in [0.15, 0.2) is 5.11 Å². The number of nitrogens with one attached hydrogen (secondary N) is 2. The van der Waals surface area contributed by atoms with Gasteiger partial charge >= 0.3 is 5.97 Å². The van der Waals surface area contributed by atoms with E-state index in [4.69, 9.17) is 17.0 Å². The Kier molecular flexibility index (Phi) is 6.75. The second kappa shape index (κ2) is 8.81. The average Bonchev–Trinajstić information content (AvgIpc) is 2.61. The first-order valence-electron chi connectivity index (χ1n) is 8.70. The molecule has 0 aliphatic heterocycles. The molecule has 0 heterocycles. The van der Waals surface area contributed by atoms with Gasteiger partial charge in [0.05, 0.1) is 18.7 Å². The number of aryl methyl sites for hydroxylation is 2. The topological polar surface area (TPSA) is 50.4 Å². The van der Waals surface area contributed by atoms with Crippen LogP contribution in [-0.4, -0.2) is 18.2 Å². The number of hydrogen-bond acceptors (Lipinski definition) is 3. The number of rotatable bonds is 5. The Morgan fingerprint density at radius 2 is 1.92 bits per heavy atom. The second-order valence-electron chi connectivity index (χ2n) is 6.39. The third-order valence-electron chi connectivity index (χ3n) is 4.50. The molecule has 0 fully saturated rings. The Morgan fingerprint density at radius 1 is 1.19 bits per heavy atom. The molecule has 0 aromatic heterocycles. The molecule has 2 aromatic carbocycles. The Balaban J connectivity index is 2.16. The van der Waals surface area contributed by atoms with Gasteiger partial charge in [-0.25, -0.2) is 4.79 Å². The molecule has 2 aromatic rings. The van der Waals surface area contributed by atoms with Crippen molar-refractivity contribution in [3.63, 3.8) is 0 Å². The van der Waals surface area contributed by atoms with Crippen LogP contribution in [0.25, 0.3) is 0 Å². The van der Waals surface area contributed by atoms with Gasteiger partial charge in [-0.15, -0.1) is 0 Å². The van der Waals surface area contributed by atoms with Crippen molar-refractivity contribution in [1.82, 2.24) is 5.32 Å². The van der Waals surface area contributed by atoms with Crippen molar-refractivity contribution in [1.29, 1.82) is 0 Å². The predicted octanol–water partition coefficient (Wildman–Crippen LogP) is 4.84. The first-order chi connectivity index (χ1) is 12.4. The highest BCUT2D eigenvalue weighted by Crippen LogP contribution is 2.23. The van der Waals surface area contributed by atoms with E-state index in [9.17, 15) is 4.79 Å². The lowest BCUT2D eigenvalue weighted by molar-refractivity contribution is 0.0600. The molecule has 0 aliphatic carbocycles. The summed E-state index contributed by atoms with van der Waals surface area (Å²) in [5, 5.41) is 7.12. The number of esters is 1. The minimum absolute atomic E-state index is 0.125. The number of benzene rings is 2. The zero-order valence-electron chi connectivity index (χ0n) is 16.0. The Hall–Kier alpha value is -2.40. The van der Waals surface area contributed by atoms with E-state index in [0.717, 1.165) is 17.7 Å². The van der Waals surface area contributed by atoms with E-state index in [-0.39, 0.29) is 12.0 Å². The summed E-state index contributed by atoms with van der Waals surface area (Å²) in [6, 6.07) is 12.0. The first kappa shape index (κ1) is 19.9. The van der Waals surface area contributed by atoms with E-state index in [1.165, 1.54) is 23.8 Å². The minimum Gasteiger partial charge on any atom is -0.465 e. The Morgan fingerprint density at radius 3 is 2.54 bits per heavy atom. The van der Waals surface area contributed by atoms with Crippen LogP contribution in [0.2, 0.25) is 0 Å². The van der Waals surface area contributed by atoms with Crippen molar-refractivity contribution in [2.45, 2.75) is 40.2 Å². The summed E-state index contributed by atoms with van der Waals surface area (Å²) in [6.45, 7) is 8.21. The maximum Gasteiger partial charge on any atom is 0.338 e. The maximum absolute atomic E-state index is 11.8. The molecule has 138 valence electrons. The van der Waals surface area contributed by atoms with Crippen molar-refractivity contribution < 1.29 is 9.53 Å². The van der Waals surface area contributed by atoms with E-state index in [1.54, 1.807) is 6.07 Å². The molecule has 2 N–H and O–H groups in total. The number of carbonyl (C=O) groups is 1. The fourth-order valence-corrected chi connectivity index (χ4v) is 3.29. The molecule has 0 amide bonds. The van der Waals surface area contributed by atoms with Crippen molar-refractivity contribution in [3.8, 4) is 0 Å². The van der Waals surface area contributed by atoms with Crippen LogP contribution in [-0.2, 0) is 4.74 Å². The summed E-state index contributed by atoms with van der Waals surface area (Å²) in [5.74, 6) is -0.355. The molecule has 0 aliphatic rings. The SMILES string of the molecule is CC[C@H](NC(=S)Nc1cccc(C(=O)OC)c1C)c1ccc(C)cc1C. The predicted molar refractivity (Wildman–Crippen MR) is 111 cm³/mol. The molecule has 0 saturated carbocycles. The molecule has 0 bridgehead atoms. The minimum atomic E-state index is -0.355. The van der Waals surface area contributed by atoms with Crippen LogP contribution in [0.3, 0.4) is 0 Å². The smallest absolute Gasteiger partial charge is 0.338 e. The second-order valence-corrected chi connectivity index (χ2v) is 6.80. The highest BCUT2D eigenvalue weighted by molar-refractivity contribution is 7.80. The zero-order valence-corrected chi connectivity index (χ0v) is 16.8. The monoisotopic (exact) mass is 370 g/mol. The molecule has 0 unspecified atom stereocenters. The van der Waals surface area contributed by atoms with Gasteiger partial charge in [-0.3, -0.25) is 0 Å². The third kappa shape index (κ3) is 4.61. The van der Waals surface area contributed by atoms with Gasteiger partial charge in [-0.05, 0) is 68.2 Å². The summed E-state index contributed by atoms with van der Waals surface area (Å²) >= 11 is 5.51. The number of thiocarbonyl (C=S) groups is 1. The van der Waals surface area contributed by atoms with Crippen LogP contribution in [0.5, 0.6) is 0 Å². The molecule has 4 nitrogen and oxygen atoms in total. The molecular weight excluding hydrogens is 344 g/mol. The lowest BCUT2D eigenvalue weighted by Crippen LogP contribution is -2.32. The third-order valence-corrected chi connectivity index (χ3v) is 4.72. The first-order valence-corrected chi connectivity index (χ1v) is 9.10. The van der Waals surface area contributed by atoms with Crippen LogP contribution in [0.4, 0.5) is 5.69 Å². The van der Waals surface area contributed by atoms with E-state index in [2.05, 4.69) is 49.6 Å². The van der Waals surface area contributed by atoms with E-state index in [1.807, 2.05) is 19.1 Å². The van der Waals surface area contributed by atoms with Crippen molar-refractivity contribution >= 4 is 29.0 Å². The van der Waals surface area contributed by atoms with Gasteiger partial charge in [-0.2, -0.15) is 0 Å². The molecule has 0 spiro atoms. The van der Waals surface area contributed by atoms with Crippen molar-refractivity contribution in [2.24, 2.45) is 0 Å². The van der Waals surface area contributed by atoms with Crippen molar-refractivity contribution in [3.05, 3.63) is 64.2 Å². The van der Waals surface area contributed by atoms with Crippen molar-refractivity contribution in [2.75, 3.05) is 12.4 Å². The normalized spacial score (nSPS) is 11.6. The summed E-state index contributed by atoms with van der Waals surface area (Å²) in [7, 11) is 1.38. The van der Waals surface area contributed by atoms with Crippen LogP contribution >= 0.6 is 12.2 Å². The van der Waals surface area contributed by atoms with Gasteiger partial charge in [-0.1, -0.05) is 36.8 Å². The highest BCUT2D eigenvalue weighted by Gasteiger charge is 2.15. The Bertz CT molecular complexity index is 818. The standard InChI is InChI=1S/C21H26N2O2S/c1-6-18(16-11-10-13(2)12-14(16)3)22-21(26)23-19-9-7-8-17(15(19)4)20(24)25-5/h7-12,18H,6H2,1-5H3,(H2,22,23,26)/t18-/m0/s1. The number of hydrogen-bond donors (Lipinski definition) is 2. The largest absolute Gasteiger partial charge is 0.465 e. The van der Waals surface area contributed by atoms with Crippen LogP contribution < -0.4 is 10.6 Å². The number of ether oxygens (including phenoxy) is 1. The summed E-state index contributed by atoms with van der Waals surface area (Å²) in [6.07, 6.45) is 0.910. The van der Waals surface area contributed by atoms with Gasteiger partial charge in [0, 0.05) is 5.69 Å². The quantitative estimate of drug-likeness (QED) is 0.583. The molecular formula is C21H26N2O2S. The number of methoxy groups -OCH3 is 1. The Labute approximate surface area is 161 Å². The zero-order chi connectivity index (χ0) is 19.3. The van der Waals surface area contributed by atoms with E-state index >= 15 is 0 Å². The summed E-state index contributed by atoms with van der Waals surface area (Å²) < 4.78 is 4.82. The molecule has 0 saturated heterocycles. The lowest BCUT2D eigenvalue weighted by atomic mass is 9.98. The van der Waals surface area contributed by atoms with E-state index < -0.39 is 0 Å². The summed E-state index contributed by atoms with van der Waals surface area (Å²) in [5.41, 5.74) is 5.86. The fourth-order valence-electron chi connectivity index (χ4n) is 3.04. The van der Waals surface area contributed by atoms with Crippen LogP contribution in [0.15, 0.2) is 36.4 Å². The van der Waals surface area contributed by atoms with Crippen LogP contribution in [0.1, 0.15) is 52.0 Å². The molecule has 26 heavy (non-hydrogen) atoms. The van der Waals surface area contributed by atoms with Gasteiger partial charge in [0.1, 0.15) is 0 Å². The highest BCUT2D eigenvalue weighted by atomic mass is 32.1. The molecule has 2 rings (SSSR count). The lowest BCUT2D eigenvalue weighted by Gasteiger charge is -2.22. The average molecular weight is 371 g/mol. The van der Waals surface area contributed by atoms with Crippen LogP contribution in [0, 0.1) is 20.8 Å². The van der Waals surface area contributed by atoms with E-state index in [0.29, 0.717) is 10.7 Å². The molecule has 1 atom stereocenters. The van der Waals surface area contributed by atoms with Gasteiger partial charge in [0.2, 0.25) is 0 Å². The maximum atomic E-state index is 11.8. The number of carbonyl (C=O) groups excluding carboxylic acids is 1. The number of anilines is 1. The molecule has 5 heteroatoms. The molecule has 0 radical (unpaired) electrons. The van der Waals surface area contributed by atoms with Gasteiger partial charge in [0.25, 0.3) is 0 Å².